The zero-order valence-corrected chi connectivity index (χ0v) is 23.1. The molecule has 4 aromatic carbocycles. The molecule has 0 amide bonds. The lowest BCUT2D eigenvalue weighted by Crippen LogP contribution is -2.15. The summed E-state index contributed by atoms with van der Waals surface area (Å²) in [6, 6.07) is 19.6. The van der Waals surface area contributed by atoms with Crippen LogP contribution in [-0.4, -0.2) is 90.4 Å². The highest BCUT2D eigenvalue weighted by Crippen LogP contribution is 2.36. The second-order valence-corrected chi connectivity index (χ2v) is 9.44. The molecule has 1 N–H and O–H groups in total. The van der Waals surface area contributed by atoms with Crippen LogP contribution in [-0.2, 0) is 39.6 Å². The molecule has 0 aliphatic carbocycles. The molecule has 0 aromatic heterocycles. The van der Waals surface area contributed by atoms with E-state index >= 15 is 0 Å². The van der Waals surface area contributed by atoms with E-state index in [2.05, 4.69) is 54.6 Å². The molecule has 0 aliphatic rings. The van der Waals surface area contributed by atoms with Crippen LogP contribution in [0.15, 0.2) is 54.6 Å². The molecule has 0 fully saturated rings. The Morgan fingerprint density at radius 3 is 1.68 bits per heavy atom. The van der Waals surface area contributed by atoms with Gasteiger partial charge >= 0.3 is 5.97 Å². The fourth-order valence-electron chi connectivity index (χ4n) is 4.77. The first-order valence-corrected chi connectivity index (χ1v) is 14.1. The molecule has 0 unspecified atom stereocenters. The topological polar surface area (TPSA) is 92.7 Å². The molecule has 0 heterocycles. The number of esters is 1. The van der Waals surface area contributed by atoms with E-state index in [0.717, 1.165) is 12.8 Å². The van der Waals surface area contributed by atoms with Crippen molar-refractivity contribution in [3.63, 3.8) is 0 Å². The summed E-state index contributed by atoms with van der Waals surface area (Å²) in [6.07, 6.45) is 1.95. The lowest BCUT2D eigenvalue weighted by molar-refractivity contribution is -0.145. The predicted octanol–water partition coefficient (Wildman–Crippen LogP) is 4.53. The third-order valence-electron chi connectivity index (χ3n) is 6.66. The number of hydrogen-bond acceptors (Lipinski definition) is 8. The quantitative estimate of drug-likeness (QED) is 0.0916. The van der Waals surface area contributed by atoms with Crippen molar-refractivity contribution in [2.45, 2.75) is 19.3 Å². The Balaban J connectivity index is 1.01. The van der Waals surface area contributed by atoms with E-state index in [0.29, 0.717) is 72.5 Å². The van der Waals surface area contributed by atoms with Crippen molar-refractivity contribution in [2.24, 2.45) is 0 Å². The Morgan fingerprint density at radius 1 is 0.575 bits per heavy atom. The van der Waals surface area contributed by atoms with E-state index in [-0.39, 0.29) is 19.2 Å². The lowest BCUT2D eigenvalue weighted by Gasteiger charge is -2.14. The number of rotatable bonds is 21. The average molecular weight is 553 g/mol. The number of aliphatic hydroxyl groups is 1. The highest BCUT2D eigenvalue weighted by Gasteiger charge is 2.11. The molecule has 4 rings (SSSR count). The van der Waals surface area contributed by atoms with Crippen LogP contribution in [0.1, 0.15) is 18.4 Å². The zero-order valence-electron chi connectivity index (χ0n) is 23.1. The molecule has 0 bridgehead atoms. The number of hydrogen-bond donors (Lipinski definition) is 1. The standard InChI is InChI=1S/C32H40O8/c33-13-14-35-15-16-36-17-18-37-19-20-38-21-22-39-23-24-40-30(34)6-2-3-25-7-8-28-10-9-26-4-1-5-27-11-12-29(25)32(28)31(26)27/h1,4-5,7-12,33H,2-3,6,13-24H2. The number of ether oxygens (including phenoxy) is 6. The Morgan fingerprint density at radius 2 is 1.07 bits per heavy atom. The maximum Gasteiger partial charge on any atom is 0.305 e. The minimum atomic E-state index is -0.198. The Kier molecular flexibility index (Phi) is 12.9. The maximum absolute atomic E-state index is 12.2. The molecule has 0 aliphatic heterocycles. The van der Waals surface area contributed by atoms with Gasteiger partial charge < -0.3 is 33.5 Å². The fraction of sp³-hybridized carbons (Fsp3) is 0.469. The van der Waals surface area contributed by atoms with Crippen LogP contribution in [0, 0.1) is 0 Å². The van der Waals surface area contributed by atoms with Crippen molar-refractivity contribution < 1.29 is 38.3 Å². The van der Waals surface area contributed by atoms with Gasteiger partial charge in [0.2, 0.25) is 0 Å². The van der Waals surface area contributed by atoms with Crippen molar-refractivity contribution in [1.29, 1.82) is 0 Å². The van der Waals surface area contributed by atoms with E-state index in [1.54, 1.807) is 0 Å². The van der Waals surface area contributed by atoms with Gasteiger partial charge in [-0.2, -0.15) is 0 Å². The predicted molar refractivity (Wildman–Crippen MR) is 155 cm³/mol. The van der Waals surface area contributed by atoms with Crippen molar-refractivity contribution in [2.75, 3.05) is 79.3 Å². The van der Waals surface area contributed by atoms with E-state index in [1.807, 2.05) is 0 Å². The Hall–Kier alpha value is -2.85. The summed E-state index contributed by atoms with van der Waals surface area (Å²) in [5.74, 6) is -0.198. The van der Waals surface area contributed by atoms with Gasteiger partial charge in [0.05, 0.1) is 72.7 Å². The molecule has 0 saturated heterocycles. The zero-order chi connectivity index (χ0) is 27.8. The Labute approximate surface area is 235 Å². The maximum atomic E-state index is 12.2. The molecule has 0 saturated carbocycles. The fourth-order valence-corrected chi connectivity index (χ4v) is 4.77. The first-order chi connectivity index (χ1) is 19.8. The molecule has 0 spiro atoms. The van der Waals surface area contributed by atoms with E-state index in [4.69, 9.17) is 33.5 Å². The highest BCUT2D eigenvalue weighted by molar-refractivity contribution is 6.23. The third kappa shape index (κ3) is 9.09. The van der Waals surface area contributed by atoms with Crippen LogP contribution in [0.5, 0.6) is 0 Å². The van der Waals surface area contributed by atoms with Gasteiger partial charge in [0, 0.05) is 6.42 Å². The van der Waals surface area contributed by atoms with Crippen molar-refractivity contribution in [3.05, 3.63) is 60.2 Å². The largest absolute Gasteiger partial charge is 0.463 e. The van der Waals surface area contributed by atoms with Gasteiger partial charge in [0.25, 0.3) is 0 Å². The lowest BCUT2D eigenvalue weighted by atomic mass is 9.90. The van der Waals surface area contributed by atoms with Crippen LogP contribution < -0.4 is 0 Å². The van der Waals surface area contributed by atoms with Crippen molar-refractivity contribution in [3.8, 4) is 0 Å². The van der Waals surface area contributed by atoms with Crippen LogP contribution in [0.4, 0.5) is 0 Å². The molecule has 8 nitrogen and oxygen atoms in total. The SMILES string of the molecule is O=C(CCCc1ccc2ccc3cccc4ccc1c2c34)OCCOCCOCCOCCOCCOCCO. The van der Waals surface area contributed by atoms with Crippen molar-refractivity contribution in [1.82, 2.24) is 0 Å². The number of aliphatic hydroxyl groups excluding tert-OH is 1. The van der Waals surface area contributed by atoms with Gasteiger partial charge in [-0.3, -0.25) is 4.79 Å². The summed E-state index contributed by atoms with van der Waals surface area (Å²) in [5, 5.41) is 16.3. The van der Waals surface area contributed by atoms with Crippen LogP contribution >= 0.6 is 0 Å². The molecule has 216 valence electrons. The molecular weight excluding hydrogens is 512 g/mol. The normalized spacial score (nSPS) is 11.7. The summed E-state index contributed by atoms with van der Waals surface area (Å²) >= 11 is 0. The van der Waals surface area contributed by atoms with E-state index < -0.39 is 0 Å². The summed E-state index contributed by atoms with van der Waals surface area (Å²) in [6.45, 7) is 4.71. The summed E-state index contributed by atoms with van der Waals surface area (Å²) in [7, 11) is 0. The molecule has 0 radical (unpaired) electrons. The second kappa shape index (κ2) is 17.1. The monoisotopic (exact) mass is 552 g/mol. The van der Waals surface area contributed by atoms with Crippen LogP contribution in [0.2, 0.25) is 0 Å². The van der Waals surface area contributed by atoms with Gasteiger partial charge in [-0.25, -0.2) is 0 Å². The number of carbonyl (C=O) groups excluding carboxylic acids is 1. The highest BCUT2D eigenvalue weighted by atomic mass is 16.6. The van der Waals surface area contributed by atoms with Gasteiger partial charge in [-0.1, -0.05) is 54.6 Å². The van der Waals surface area contributed by atoms with Crippen molar-refractivity contribution >= 4 is 38.3 Å². The van der Waals surface area contributed by atoms with Gasteiger partial charge in [0.1, 0.15) is 6.61 Å². The minimum Gasteiger partial charge on any atom is -0.463 e. The molecule has 8 heteroatoms. The molecule has 40 heavy (non-hydrogen) atoms. The summed E-state index contributed by atoms with van der Waals surface area (Å²) in [5.41, 5.74) is 1.26. The number of carbonyl (C=O) groups is 1. The summed E-state index contributed by atoms with van der Waals surface area (Å²) < 4.78 is 32.1. The number of benzene rings is 4. The van der Waals surface area contributed by atoms with Crippen LogP contribution in [0.25, 0.3) is 32.3 Å². The second-order valence-electron chi connectivity index (χ2n) is 9.44. The van der Waals surface area contributed by atoms with Gasteiger partial charge in [0.15, 0.2) is 0 Å². The average Bonchev–Trinajstić information content (AvgIpc) is 2.98. The summed E-state index contributed by atoms with van der Waals surface area (Å²) in [4.78, 5) is 12.2. The van der Waals surface area contributed by atoms with E-state index in [1.165, 1.54) is 37.9 Å². The third-order valence-corrected chi connectivity index (χ3v) is 6.66. The smallest absolute Gasteiger partial charge is 0.305 e. The first kappa shape index (κ1) is 30.1. The molecule has 0 atom stereocenters. The van der Waals surface area contributed by atoms with Gasteiger partial charge in [-0.15, -0.1) is 0 Å². The number of aryl methyl sites for hydroxylation is 1. The Bertz CT molecular complexity index is 1270. The molecular formula is C32H40O8. The van der Waals surface area contributed by atoms with Crippen LogP contribution in [0.3, 0.4) is 0 Å². The molecule has 4 aromatic rings. The van der Waals surface area contributed by atoms with E-state index in [9.17, 15) is 4.79 Å². The van der Waals surface area contributed by atoms with Gasteiger partial charge in [-0.05, 0) is 50.7 Å². The first-order valence-electron chi connectivity index (χ1n) is 14.1. The minimum absolute atomic E-state index is 0.0211.